The van der Waals surface area contributed by atoms with Crippen molar-refractivity contribution in [2.45, 2.75) is 32.4 Å². The summed E-state index contributed by atoms with van der Waals surface area (Å²) < 4.78 is 2.21. The zero-order valence-electron chi connectivity index (χ0n) is 13.1. The van der Waals surface area contributed by atoms with E-state index in [-0.39, 0.29) is 0 Å². The second-order valence-electron chi connectivity index (χ2n) is 5.81. The van der Waals surface area contributed by atoms with Gasteiger partial charge in [-0.15, -0.1) is 0 Å². The number of hydrogen-bond acceptors (Lipinski definition) is 2. The number of imidazole rings is 1. The van der Waals surface area contributed by atoms with Crippen molar-refractivity contribution < 1.29 is 0 Å². The van der Waals surface area contributed by atoms with E-state index in [9.17, 15) is 0 Å². The van der Waals surface area contributed by atoms with Crippen molar-refractivity contribution in [3.05, 3.63) is 66.5 Å². The predicted octanol–water partition coefficient (Wildman–Crippen LogP) is 3.65. The van der Waals surface area contributed by atoms with E-state index in [1.807, 2.05) is 12.4 Å². The van der Waals surface area contributed by atoms with Crippen LogP contribution in [0.4, 0.5) is 0 Å². The third-order valence-electron chi connectivity index (χ3n) is 4.08. The Bertz CT molecular complexity index is 703. The third kappa shape index (κ3) is 3.74. The zero-order valence-corrected chi connectivity index (χ0v) is 13.1. The highest BCUT2D eigenvalue weighted by Gasteiger charge is 2.04. The van der Waals surface area contributed by atoms with Crippen LogP contribution in [0.1, 0.15) is 18.9 Å². The van der Waals surface area contributed by atoms with Crippen molar-refractivity contribution >= 4 is 11.0 Å². The molecule has 3 aromatic rings. The molecule has 0 spiro atoms. The monoisotopic (exact) mass is 293 g/mol. The number of benzene rings is 2. The van der Waals surface area contributed by atoms with Crippen molar-refractivity contribution in [1.82, 2.24) is 14.9 Å². The molecule has 3 rings (SSSR count). The minimum Gasteiger partial charge on any atom is -0.329 e. The summed E-state index contributed by atoms with van der Waals surface area (Å²) in [6, 6.07) is 19.5. The smallest absolute Gasteiger partial charge is 0.0958 e. The molecular weight excluding hydrogens is 270 g/mol. The van der Waals surface area contributed by atoms with Crippen LogP contribution in [0.5, 0.6) is 0 Å². The summed E-state index contributed by atoms with van der Waals surface area (Å²) in [6.07, 6.45) is 4.22. The van der Waals surface area contributed by atoms with Gasteiger partial charge in [-0.3, -0.25) is 0 Å². The number of aryl methyl sites for hydroxylation is 1. The third-order valence-corrected chi connectivity index (χ3v) is 4.08. The lowest BCUT2D eigenvalue weighted by molar-refractivity contribution is 0.493. The second kappa shape index (κ2) is 7.23. The molecule has 3 heteroatoms. The minimum atomic E-state index is 0.523. The van der Waals surface area contributed by atoms with E-state index in [4.69, 9.17) is 0 Å². The highest BCUT2D eigenvalue weighted by molar-refractivity contribution is 5.74. The number of hydrogen-bond donors (Lipinski definition) is 1. The summed E-state index contributed by atoms with van der Waals surface area (Å²) in [6.45, 7) is 4.18. The Morgan fingerprint density at radius 3 is 2.68 bits per heavy atom. The molecule has 0 saturated carbocycles. The number of rotatable bonds is 7. The van der Waals surface area contributed by atoms with Crippen LogP contribution in [0.15, 0.2) is 60.9 Å². The molecule has 0 aliphatic carbocycles. The fourth-order valence-corrected chi connectivity index (χ4v) is 2.75. The van der Waals surface area contributed by atoms with Gasteiger partial charge >= 0.3 is 0 Å². The van der Waals surface area contributed by atoms with Crippen LogP contribution in [-0.2, 0) is 13.0 Å². The van der Waals surface area contributed by atoms with Crippen molar-refractivity contribution in [3.63, 3.8) is 0 Å². The molecule has 0 aliphatic rings. The average molecular weight is 293 g/mol. The van der Waals surface area contributed by atoms with Gasteiger partial charge in [-0.05, 0) is 37.5 Å². The molecule has 1 heterocycles. The summed E-state index contributed by atoms with van der Waals surface area (Å²) in [5.74, 6) is 0. The molecule has 22 heavy (non-hydrogen) atoms. The van der Waals surface area contributed by atoms with Gasteiger partial charge in [0, 0.05) is 19.1 Å². The van der Waals surface area contributed by atoms with Crippen molar-refractivity contribution in [1.29, 1.82) is 0 Å². The lowest BCUT2D eigenvalue weighted by atomic mass is 10.1. The SMILES string of the molecule is C[C@@H](CCc1ccccc1)NCCn1cnc2ccccc21. The molecule has 3 nitrogen and oxygen atoms in total. The average Bonchev–Trinajstić information content (AvgIpc) is 2.97. The maximum Gasteiger partial charge on any atom is 0.0958 e. The van der Waals surface area contributed by atoms with Crippen molar-refractivity contribution in [2.75, 3.05) is 6.54 Å². The van der Waals surface area contributed by atoms with Gasteiger partial charge in [0.1, 0.15) is 0 Å². The number of para-hydroxylation sites is 2. The van der Waals surface area contributed by atoms with E-state index in [1.165, 1.54) is 11.1 Å². The van der Waals surface area contributed by atoms with E-state index < -0.39 is 0 Å². The summed E-state index contributed by atoms with van der Waals surface area (Å²) in [5.41, 5.74) is 3.69. The van der Waals surface area contributed by atoms with E-state index in [1.54, 1.807) is 0 Å². The fourth-order valence-electron chi connectivity index (χ4n) is 2.75. The summed E-state index contributed by atoms with van der Waals surface area (Å²) in [7, 11) is 0. The molecule has 0 radical (unpaired) electrons. The van der Waals surface area contributed by atoms with E-state index in [0.29, 0.717) is 6.04 Å². The summed E-state index contributed by atoms with van der Waals surface area (Å²) in [4.78, 5) is 4.43. The first-order valence-electron chi connectivity index (χ1n) is 8.00. The molecule has 1 N–H and O–H groups in total. The van der Waals surface area contributed by atoms with Gasteiger partial charge in [-0.2, -0.15) is 0 Å². The summed E-state index contributed by atoms with van der Waals surface area (Å²) in [5, 5.41) is 3.61. The standard InChI is InChI=1S/C19H23N3/c1-16(11-12-17-7-3-2-4-8-17)20-13-14-22-15-21-18-9-5-6-10-19(18)22/h2-10,15-16,20H,11-14H2,1H3/t16-/m0/s1. The normalized spacial score (nSPS) is 12.6. The van der Waals surface area contributed by atoms with Crippen molar-refractivity contribution in [2.24, 2.45) is 0 Å². The zero-order chi connectivity index (χ0) is 15.2. The highest BCUT2D eigenvalue weighted by atomic mass is 15.1. The topological polar surface area (TPSA) is 29.9 Å². The molecule has 1 atom stereocenters. The number of aromatic nitrogens is 2. The van der Waals surface area contributed by atoms with Gasteiger partial charge in [0.15, 0.2) is 0 Å². The Labute approximate surface area is 132 Å². The van der Waals surface area contributed by atoms with E-state index in [2.05, 4.69) is 70.3 Å². The van der Waals surface area contributed by atoms with Crippen LogP contribution in [0, 0.1) is 0 Å². The molecule has 0 saturated heterocycles. The van der Waals surface area contributed by atoms with E-state index in [0.717, 1.165) is 31.4 Å². The Morgan fingerprint density at radius 2 is 1.82 bits per heavy atom. The quantitative estimate of drug-likeness (QED) is 0.720. The minimum absolute atomic E-state index is 0.523. The number of nitrogens with one attached hydrogen (secondary N) is 1. The Morgan fingerprint density at radius 1 is 1.05 bits per heavy atom. The maximum absolute atomic E-state index is 4.43. The summed E-state index contributed by atoms with van der Waals surface area (Å²) >= 11 is 0. The van der Waals surface area contributed by atoms with Crippen LogP contribution in [0.3, 0.4) is 0 Å². The van der Waals surface area contributed by atoms with Crippen LogP contribution in [-0.4, -0.2) is 22.1 Å². The maximum atomic E-state index is 4.43. The Balaban J connectivity index is 1.44. The molecule has 114 valence electrons. The predicted molar refractivity (Wildman–Crippen MR) is 92.0 cm³/mol. The van der Waals surface area contributed by atoms with Gasteiger partial charge in [0.2, 0.25) is 0 Å². The molecule has 0 fully saturated rings. The molecule has 0 amide bonds. The van der Waals surface area contributed by atoms with Crippen molar-refractivity contribution in [3.8, 4) is 0 Å². The Kier molecular flexibility index (Phi) is 4.86. The van der Waals surface area contributed by atoms with Gasteiger partial charge < -0.3 is 9.88 Å². The number of nitrogens with zero attached hydrogens (tertiary/aromatic N) is 2. The van der Waals surface area contributed by atoms with Gasteiger partial charge in [0.05, 0.1) is 17.4 Å². The highest BCUT2D eigenvalue weighted by Crippen LogP contribution is 2.11. The lowest BCUT2D eigenvalue weighted by Crippen LogP contribution is -2.29. The van der Waals surface area contributed by atoms with Gasteiger partial charge in [-0.25, -0.2) is 4.98 Å². The molecular formula is C19H23N3. The lowest BCUT2D eigenvalue weighted by Gasteiger charge is -2.14. The van der Waals surface area contributed by atoms with E-state index >= 15 is 0 Å². The second-order valence-corrected chi connectivity index (χ2v) is 5.81. The molecule has 1 aromatic heterocycles. The molecule has 0 bridgehead atoms. The molecule has 2 aromatic carbocycles. The molecule has 0 unspecified atom stereocenters. The van der Waals surface area contributed by atoms with Gasteiger partial charge in [0.25, 0.3) is 0 Å². The fraction of sp³-hybridized carbons (Fsp3) is 0.316. The Hall–Kier alpha value is -2.13. The van der Waals surface area contributed by atoms with Crippen LogP contribution in [0.2, 0.25) is 0 Å². The molecule has 0 aliphatic heterocycles. The number of fused-ring (bicyclic) bond motifs is 1. The van der Waals surface area contributed by atoms with Crippen LogP contribution < -0.4 is 5.32 Å². The first kappa shape index (κ1) is 14.8. The first-order valence-corrected chi connectivity index (χ1v) is 8.00. The first-order chi connectivity index (χ1) is 10.8. The van der Waals surface area contributed by atoms with Crippen LogP contribution in [0.25, 0.3) is 11.0 Å². The van der Waals surface area contributed by atoms with Gasteiger partial charge in [-0.1, -0.05) is 42.5 Å². The largest absolute Gasteiger partial charge is 0.329 e. The van der Waals surface area contributed by atoms with Crippen LogP contribution >= 0.6 is 0 Å².